The van der Waals surface area contributed by atoms with Crippen LogP contribution in [0.15, 0.2) is 4.99 Å². The number of aliphatic hydroxyl groups is 1. The topological polar surface area (TPSA) is 235 Å². The quantitative estimate of drug-likeness (QED) is 0.0678. The van der Waals surface area contributed by atoms with E-state index in [2.05, 4.69) is 20.9 Å². The molecule has 5 unspecified atom stereocenters. The van der Waals surface area contributed by atoms with Crippen LogP contribution in [0.5, 0.6) is 0 Å². The van der Waals surface area contributed by atoms with E-state index in [9.17, 15) is 29.4 Å². The number of carboxylic acid groups (broad SMARTS) is 1. The van der Waals surface area contributed by atoms with Crippen molar-refractivity contribution in [1.29, 1.82) is 0 Å². The zero-order valence-corrected chi connectivity index (χ0v) is 19.4. The van der Waals surface area contributed by atoms with Crippen molar-refractivity contribution in [2.75, 3.05) is 18.6 Å². The maximum atomic E-state index is 12.6. The third kappa shape index (κ3) is 11.7. The lowest BCUT2D eigenvalue weighted by atomic mass is 10.1. The third-order valence-electron chi connectivity index (χ3n) is 4.38. The first-order valence-corrected chi connectivity index (χ1v) is 11.4. The number of guanidine groups is 1. The minimum atomic E-state index is -1.24. The van der Waals surface area contributed by atoms with E-state index in [1.165, 1.54) is 25.6 Å². The van der Waals surface area contributed by atoms with Gasteiger partial charge in [0, 0.05) is 6.54 Å². The highest BCUT2D eigenvalue weighted by molar-refractivity contribution is 7.98. The predicted octanol–water partition coefficient (Wildman–Crippen LogP) is -2.94. The Morgan fingerprint density at radius 3 is 2.06 bits per heavy atom. The van der Waals surface area contributed by atoms with Crippen LogP contribution in [0.2, 0.25) is 0 Å². The van der Waals surface area contributed by atoms with Crippen LogP contribution in [-0.2, 0) is 19.2 Å². The SMILES string of the molecule is CSCCC(NC(=O)C(N)C(C)O)C(=O)NC(C)C(=O)NC(CCCN=C(N)N)C(=O)O. The zero-order valence-electron chi connectivity index (χ0n) is 18.5. The van der Waals surface area contributed by atoms with Crippen molar-refractivity contribution in [2.24, 2.45) is 22.2 Å². The van der Waals surface area contributed by atoms with E-state index in [0.29, 0.717) is 12.2 Å². The second-order valence-corrected chi connectivity index (χ2v) is 8.17. The summed E-state index contributed by atoms with van der Waals surface area (Å²) in [4.78, 5) is 52.3. The highest BCUT2D eigenvalue weighted by Crippen LogP contribution is 2.04. The Morgan fingerprint density at radius 2 is 1.56 bits per heavy atom. The highest BCUT2D eigenvalue weighted by atomic mass is 32.2. The molecule has 3 amide bonds. The molecule has 0 bridgehead atoms. The lowest BCUT2D eigenvalue weighted by Crippen LogP contribution is -2.57. The van der Waals surface area contributed by atoms with Crippen LogP contribution >= 0.6 is 11.8 Å². The maximum absolute atomic E-state index is 12.6. The summed E-state index contributed by atoms with van der Waals surface area (Å²) in [6, 6.07) is -4.45. The summed E-state index contributed by atoms with van der Waals surface area (Å²) >= 11 is 1.46. The van der Waals surface area contributed by atoms with Crippen molar-refractivity contribution < 1.29 is 29.4 Å². The van der Waals surface area contributed by atoms with Gasteiger partial charge in [-0.3, -0.25) is 19.4 Å². The van der Waals surface area contributed by atoms with Crippen molar-refractivity contribution in [3.05, 3.63) is 0 Å². The number of thioether (sulfide) groups is 1. The summed E-state index contributed by atoms with van der Waals surface area (Å²) in [5.41, 5.74) is 16.0. The van der Waals surface area contributed by atoms with Crippen molar-refractivity contribution >= 4 is 41.4 Å². The fourth-order valence-corrected chi connectivity index (χ4v) is 2.90. The molecule has 0 rings (SSSR count). The summed E-state index contributed by atoms with van der Waals surface area (Å²) in [6.45, 7) is 2.95. The number of nitrogens with zero attached hydrogens (tertiary/aromatic N) is 1. The number of nitrogens with two attached hydrogens (primary N) is 3. The average molecular weight is 478 g/mol. The first-order chi connectivity index (χ1) is 14.9. The fraction of sp³-hybridized carbons (Fsp3) is 0.722. The van der Waals surface area contributed by atoms with E-state index in [4.69, 9.17) is 17.2 Å². The number of aliphatic carboxylic acids is 1. The molecule has 0 aromatic heterocycles. The first-order valence-electron chi connectivity index (χ1n) is 10.0. The number of rotatable bonds is 15. The van der Waals surface area contributed by atoms with Crippen LogP contribution in [0.25, 0.3) is 0 Å². The van der Waals surface area contributed by atoms with E-state index in [0.717, 1.165) is 0 Å². The molecule has 13 nitrogen and oxygen atoms in total. The molecule has 0 heterocycles. The summed E-state index contributed by atoms with van der Waals surface area (Å²) in [6.07, 6.45) is 1.39. The maximum Gasteiger partial charge on any atom is 0.326 e. The van der Waals surface area contributed by atoms with Gasteiger partial charge in [-0.25, -0.2) is 4.79 Å². The monoisotopic (exact) mass is 477 g/mol. The van der Waals surface area contributed by atoms with E-state index < -0.39 is 54.0 Å². The van der Waals surface area contributed by atoms with Gasteiger partial charge in [0.1, 0.15) is 24.2 Å². The number of carboxylic acids is 1. The number of carbonyl (C=O) groups excluding carboxylic acids is 3. The number of amides is 3. The van der Waals surface area contributed by atoms with Gasteiger partial charge in [-0.15, -0.1) is 0 Å². The van der Waals surface area contributed by atoms with Crippen LogP contribution in [-0.4, -0.2) is 88.7 Å². The smallest absolute Gasteiger partial charge is 0.326 e. The number of hydrogen-bond donors (Lipinski definition) is 8. The van der Waals surface area contributed by atoms with Crippen molar-refractivity contribution in [3.63, 3.8) is 0 Å². The Kier molecular flexibility index (Phi) is 14.0. The van der Waals surface area contributed by atoms with E-state index in [1.807, 2.05) is 6.26 Å². The van der Waals surface area contributed by atoms with Gasteiger partial charge in [0.25, 0.3) is 0 Å². The minimum absolute atomic E-state index is 0.0855. The molecule has 0 radical (unpaired) electrons. The number of aliphatic imine (C=N–C) groups is 1. The van der Waals surface area contributed by atoms with Crippen molar-refractivity contribution in [3.8, 4) is 0 Å². The molecule has 0 saturated heterocycles. The van der Waals surface area contributed by atoms with E-state index in [1.54, 1.807) is 0 Å². The van der Waals surface area contributed by atoms with Gasteiger partial charge in [0.05, 0.1) is 6.10 Å². The molecule has 0 aliphatic carbocycles. The van der Waals surface area contributed by atoms with Gasteiger partial charge in [0.15, 0.2) is 5.96 Å². The normalized spacial score (nSPS) is 15.4. The molecule has 0 fully saturated rings. The molecule has 0 aliphatic heterocycles. The van der Waals surface area contributed by atoms with Gasteiger partial charge in [0.2, 0.25) is 17.7 Å². The second kappa shape index (κ2) is 15.3. The molecule has 0 aromatic rings. The number of carbonyl (C=O) groups is 4. The van der Waals surface area contributed by atoms with Gasteiger partial charge in [-0.1, -0.05) is 0 Å². The van der Waals surface area contributed by atoms with Crippen LogP contribution in [0.4, 0.5) is 0 Å². The summed E-state index contributed by atoms with van der Waals surface area (Å²) in [5.74, 6) is -2.85. The molecule has 184 valence electrons. The van der Waals surface area contributed by atoms with Crippen LogP contribution < -0.4 is 33.2 Å². The fourth-order valence-electron chi connectivity index (χ4n) is 2.43. The van der Waals surface area contributed by atoms with Crippen LogP contribution in [0.1, 0.15) is 33.1 Å². The Labute approximate surface area is 191 Å². The molecule has 0 aliphatic rings. The molecule has 14 heteroatoms. The summed E-state index contributed by atoms with van der Waals surface area (Å²) in [5, 5.41) is 26.1. The molecule has 0 aromatic carbocycles. The molecular weight excluding hydrogens is 442 g/mol. The highest BCUT2D eigenvalue weighted by Gasteiger charge is 2.29. The predicted molar refractivity (Wildman–Crippen MR) is 122 cm³/mol. The first kappa shape index (κ1) is 29.4. The molecule has 0 saturated carbocycles. The number of hydrogen-bond acceptors (Lipinski definition) is 8. The lowest BCUT2D eigenvalue weighted by molar-refractivity contribution is -0.142. The summed E-state index contributed by atoms with van der Waals surface area (Å²) in [7, 11) is 0. The Balaban J connectivity index is 4.97. The van der Waals surface area contributed by atoms with Gasteiger partial charge >= 0.3 is 5.97 Å². The van der Waals surface area contributed by atoms with Crippen LogP contribution in [0.3, 0.4) is 0 Å². The number of nitrogens with one attached hydrogen (secondary N) is 3. The number of aliphatic hydroxyl groups excluding tert-OH is 1. The summed E-state index contributed by atoms with van der Waals surface area (Å²) < 4.78 is 0. The van der Waals surface area contributed by atoms with E-state index in [-0.39, 0.29) is 25.3 Å². The molecule has 5 atom stereocenters. The largest absolute Gasteiger partial charge is 0.480 e. The second-order valence-electron chi connectivity index (χ2n) is 7.19. The minimum Gasteiger partial charge on any atom is -0.480 e. The van der Waals surface area contributed by atoms with Crippen molar-refractivity contribution in [1.82, 2.24) is 16.0 Å². The zero-order chi connectivity index (χ0) is 24.8. The molecule has 32 heavy (non-hydrogen) atoms. The molecule has 11 N–H and O–H groups in total. The van der Waals surface area contributed by atoms with Gasteiger partial charge in [-0.2, -0.15) is 11.8 Å². The van der Waals surface area contributed by atoms with Gasteiger partial charge < -0.3 is 43.4 Å². The van der Waals surface area contributed by atoms with Gasteiger partial charge in [-0.05, 0) is 45.1 Å². The Bertz CT molecular complexity index is 672. The van der Waals surface area contributed by atoms with E-state index >= 15 is 0 Å². The van der Waals surface area contributed by atoms with Crippen molar-refractivity contribution in [2.45, 2.75) is 63.4 Å². The standard InChI is InChI=1S/C18H35N7O6S/c1-9(14(27)25-12(17(30)31)5-4-7-22-18(20)21)23-15(28)11(6-8-32-3)24-16(29)13(19)10(2)26/h9-13,26H,4-8,19H2,1-3H3,(H,23,28)(H,24,29)(H,25,27)(H,30,31)(H4,20,21,22). The Hall–Kier alpha value is -2.58. The molecular formula is C18H35N7O6S. The van der Waals surface area contributed by atoms with Crippen LogP contribution in [0, 0.1) is 0 Å². The average Bonchev–Trinajstić information content (AvgIpc) is 2.71. The Morgan fingerprint density at radius 1 is 0.969 bits per heavy atom. The lowest BCUT2D eigenvalue weighted by Gasteiger charge is -2.24. The molecule has 0 spiro atoms. The third-order valence-corrected chi connectivity index (χ3v) is 5.02.